The molecule has 3 aromatic carbocycles. The first kappa shape index (κ1) is 26.9. The van der Waals surface area contributed by atoms with Crippen LogP contribution >= 0.6 is 0 Å². The molecule has 1 heterocycles. The third-order valence-electron chi connectivity index (χ3n) is 5.74. The maximum Gasteiger partial charge on any atom is 0.416 e. The summed E-state index contributed by atoms with van der Waals surface area (Å²) in [5, 5.41) is 2.70. The number of aromatic nitrogens is 1. The molecule has 0 unspecified atom stereocenters. The van der Waals surface area contributed by atoms with E-state index in [2.05, 4.69) is 10.3 Å². The van der Waals surface area contributed by atoms with Gasteiger partial charge >= 0.3 is 6.18 Å². The van der Waals surface area contributed by atoms with Crippen LogP contribution < -0.4 is 10.1 Å². The van der Waals surface area contributed by atoms with E-state index < -0.39 is 17.6 Å². The molecule has 1 N–H and O–H groups in total. The van der Waals surface area contributed by atoms with Crippen molar-refractivity contribution in [3.63, 3.8) is 0 Å². The lowest BCUT2D eigenvalue weighted by Crippen LogP contribution is -2.24. The second-order valence-corrected chi connectivity index (χ2v) is 8.63. The fraction of sp³-hybridized carbons (Fsp3) is 0.214. The van der Waals surface area contributed by atoms with Crippen molar-refractivity contribution in [3.8, 4) is 5.75 Å². The first-order valence-electron chi connectivity index (χ1n) is 11.7. The Labute approximate surface area is 216 Å². The molecule has 0 aliphatic heterocycles. The molecule has 6 nitrogen and oxygen atoms in total. The van der Waals surface area contributed by atoms with Crippen molar-refractivity contribution in [3.05, 3.63) is 119 Å². The average Bonchev–Trinajstić information content (AvgIpc) is 3.37. The molecule has 0 spiro atoms. The highest BCUT2D eigenvalue weighted by Gasteiger charge is 2.30. The third kappa shape index (κ3) is 7.42. The Bertz CT molecular complexity index is 1350. The second kappa shape index (κ2) is 11.9. The van der Waals surface area contributed by atoms with Crippen LogP contribution in [-0.4, -0.2) is 22.9 Å². The van der Waals surface area contributed by atoms with Crippen molar-refractivity contribution < 1.29 is 31.5 Å². The predicted molar refractivity (Wildman–Crippen MR) is 131 cm³/mol. The molecule has 38 heavy (non-hydrogen) atoms. The van der Waals surface area contributed by atoms with E-state index >= 15 is 0 Å². The molecule has 1 aromatic heterocycles. The van der Waals surface area contributed by atoms with Gasteiger partial charge in [0.25, 0.3) is 5.91 Å². The number of amides is 1. The molecule has 1 amide bonds. The number of nitrogens with zero attached hydrogens (tertiary/aromatic N) is 2. The van der Waals surface area contributed by atoms with E-state index in [-0.39, 0.29) is 37.0 Å². The lowest BCUT2D eigenvalue weighted by Gasteiger charge is -2.22. The van der Waals surface area contributed by atoms with Crippen LogP contribution in [0.5, 0.6) is 5.75 Å². The Hall–Kier alpha value is -4.18. The summed E-state index contributed by atoms with van der Waals surface area (Å²) in [6, 6.07) is 18.2. The number of ether oxygens (including phenoxy) is 1. The van der Waals surface area contributed by atoms with Crippen molar-refractivity contribution >= 4 is 5.91 Å². The van der Waals surface area contributed by atoms with Gasteiger partial charge < -0.3 is 14.5 Å². The molecular weight excluding hydrogens is 502 g/mol. The molecule has 0 aliphatic rings. The van der Waals surface area contributed by atoms with E-state index in [0.29, 0.717) is 17.9 Å². The van der Waals surface area contributed by atoms with Gasteiger partial charge in [0, 0.05) is 19.6 Å². The fourth-order valence-corrected chi connectivity index (χ4v) is 3.82. The van der Waals surface area contributed by atoms with Crippen molar-refractivity contribution in [2.75, 3.05) is 7.11 Å². The summed E-state index contributed by atoms with van der Waals surface area (Å²) in [4.78, 5) is 18.6. The summed E-state index contributed by atoms with van der Waals surface area (Å²) in [6.07, 6.45) is -3.22. The van der Waals surface area contributed by atoms with Gasteiger partial charge in [0.05, 0.1) is 19.2 Å². The van der Waals surface area contributed by atoms with Crippen LogP contribution in [0.4, 0.5) is 17.6 Å². The fourth-order valence-electron chi connectivity index (χ4n) is 3.82. The number of oxazole rings is 1. The van der Waals surface area contributed by atoms with Crippen molar-refractivity contribution in [1.82, 2.24) is 15.2 Å². The second-order valence-electron chi connectivity index (χ2n) is 8.63. The minimum Gasteiger partial charge on any atom is -0.497 e. The van der Waals surface area contributed by atoms with Crippen LogP contribution in [0.3, 0.4) is 0 Å². The van der Waals surface area contributed by atoms with Crippen LogP contribution in [0.15, 0.2) is 83.5 Å². The number of halogens is 4. The largest absolute Gasteiger partial charge is 0.497 e. The third-order valence-corrected chi connectivity index (χ3v) is 5.74. The molecule has 4 aromatic rings. The number of hydrogen-bond donors (Lipinski definition) is 1. The molecule has 0 aliphatic carbocycles. The number of methoxy groups -OCH3 is 1. The molecule has 0 atom stereocenters. The summed E-state index contributed by atoms with van der Waals surface area (Å²) in [5.74, 6) is 0.0778. The van der Waals surface area contributed by atoms with Crippen molar-refractivity contribution in [2.45, 2.75) is 32.4 Å². The molecule has 10 heteroatoms. The smallest absolute Gasteiger partial charge is 0.416 e. The number of carbonyl (C=O) groups excluding carboxylic acids is 1. The Morgan fingerprint density at radius 3 is 2.32 bits per heavy atom. The van der Waals surface area contributed by atoms with Crippen molar-refractivity contribution in [1.29, 1.82) is 0 Å². The zero-order valence-electron chi connectivity index (χ0n) is 20.5. The molecule has 0 saturated carbocycles. The van der Waals surface area contributed by atoms with E-state index in [1.165, 1.54) is 24.5 Å². The summed E-state index contributed by atoms with van der Waals surface area (Å²) in [6.45, 7) is 0.896. The molecule has 0 bridgehead atoms. The zero-order chi connectivity index (χ0) is 27.1. The molecule has 0 fully saturated rings. The molecule has 4 rings (SSSR count). The Morgan fingerprint density at radius 1 is 0.947 bits per heavy atom. The first-order chi connectivity index (χ1) is 18.2. The minimum absolute atomic E-state index is 0.0607. The highest BCUT2D eigenvalue weighted by Crippen LogP contribution is 2.30. The van der Waals surface area contributed by atoms with Crippen LogP contribution in [0.25, 0.3) is 0 Å². The van der Waals surface area contributed by atoms with Crippen LogP contribution in [-0.2, 0) is 32.4 Å². The standard InChI is InChI=1S/C28H25F4N3O3/c1-37-24-11-7-20(8-12-24)15-35(16-21-3-2-4-22(13-21)28(30,31)32)17-26-34-25(18-38-26)27(36)33-14-19-5-9-23(29)10-6-19/h2-13,18H,14-17H2,1H3,(H,33,36). The van der Waals surface area contributed by atoms with E-state index in [1.807, 2.05) is 17.0 Å². The van der Waals surface area contributed by atoms with Gasteiger partial charge in [-0.1, -0.05) is 42.5 Å². The zero-order valence-corrected chi connectivity index (χ0v) is 20.5. The lowest BCUT2D eigenvalue weighted by molar-refractivity contribution is -0.137. The van der Waals surface area contributed by atoms with Crippen LogP contribution in [0.2, 0.25) is 0 Å². The predicted octanol–water partition coefficient (Wildman–Crippen LogP) is 5.97. The van der Waals surface area contributed by atoms with Crippen LogP contribution in [0.1, 0.15) is 38.6 Å². The SMILES string of the molecule is COc1ccc(CN(Cc2cccc(C(F)(F)F)c2)Cc2nc(C(=O)NCc3ccc(F)cc3)co2)cc1. The van der Waals surface area contributed by atoms with Gasteiger partial charge in [0.1, 0.15) is 17.8 Å². The molecular formula is C28H25F4N3O3. The van der Waals surface area contributed by atoms with E-state index in [9.17, 15) is 22.4 Å². The van der Waals surface area contributed by atoms with Gasteiger partial charge in [-0.25, -0.2) is 9.37 Å². The Kier molecular flexibility index (Phi) is 8.42. The lowest BCUT2D eigenvalue weighted by atomic mass is 10.1. The number of nitrogens with one attached hydrogen (secondary N) is 1. The summed E-state index contributed by atoms with van der Waals surface area (Å²) >= 11 is 0. The number of carbonyl (C=O) groups is 1. The van der Waals surface area contributed by atoms with E-state index in [4.69, 9.17) is 9.15 Å². The van der Waals surface area contributed by atoms with Crippen molar-refractivity contribution in [2.24, 2.45) is 0 Å². The highest BCUT2D eigenvalue weighted by molar-refractivity contribution is 5.91. The quantitative estimate of drug-likeness (QED) is 0.257. The number of alkyl halides is 3. The summed E-state index contributed by atoms with van der Waals surface area (Å²) in [5.41, 5.74) is 1.43. The van der Waals surface area contributed by atoms with Gasteiger partial charge in [-0.15, -0.1) is 0 Å². The summed E-state index contributed by atoms with van der Waals surface area (Å²) in [7, 11) is 1.56. The van der Waals surface area contributed by atoms with Gasteiger partial charge in [-0.2, -0.15) is 13.2 Å². The van der Waals surface area contributed by atoms with Gasteiger partial charge in [0.15, 0.2) is 5.69 Å². The van der Waals surface area contributed by atoms with Crippen LogP contribution in [0, 0.1) is 5.82 Å². The summed E-state index contributed by atoms with van der Waals surface area (Å²) < 4.78 is 63.5. The first-order valence-corrected chi connectivity index (χ1v) is 11.7. The Balaban J connectivity index is 1.47. The number of hydrogen-bond acceptors (Lipinski definition) is 5. The maximum atomic E-state index is 13.2. The topological polar surface area (TPSA) is 67.6 Å². The number of rotatable bonds is 10. The van der Waals surface area contributed by atoms with E-state index in [0.717, 1.165) is 23.3 Å². The number of benzene rings is 3. The highest BCUT2D eigenvalue weighted by atomic mass is 19.4. The Morgan fingerprint density at radius 2 is 1.63 bits per heavy atom. The molecule has 198 valence electrons. The molecule has 0 saturated heterocycles. The average molecular weight is 528 g/mol. The minimum atomic E-state index is -4.45. The normalized spacial score (nSPS) is 11.5. The van der Waals surface area contributed by atoms with Gasteiger partial charge in [0.2, 0.25) is 5.89 Å². The molecule has 0 radical (unpaired) electrons. The van der Waals surface area contributed by atoms with E-state index in [1.54, 1.807) is 37.4 Å². The maximum absolute atomic E-state index is 13.2. The van der Waals surface area contributed by atoms with Gasteiger partial charge in [-0.3, -0.25) is 9.69 Å². The van der Waals surface area contributed by atoms with Gasteiger partial charge in [-0.05, 0) is 47.0 Å². The monoisotopic (exact) mass is 527 g/mol.